The zero-order chi connectivity index (χ0) is 14.5. The molecule has 1 amide bonds. The molecule has 1 aliphatic heterocycles. The minimum absolute atomic E-state index is 0.0310. The Morgan fingerprint density at radius 1 is 1.55 bits per heavy atom. The van der Waals surface area contributed by atoms with Gasteiger partial charge in [0.1, 0.15) is 0 Å². The smallest absolute Gasteiger partial charge is 0.222 e. The maximum atomic E-state index is 12.0. The first-order valence-corrected chi connectivity index (χ1v) is 7.38. The molecule has 1 aromatic carbocycles. The van der Waals surface area contributed by atoms with Crippen molar-refractivity contribution in [2.45, 2.75) is 25.4 Å². The molecule has 1 saturated heterocycles. The van der Waals surface area contributed by atoms with Crippen LogP contribution in [-0.4, -0.2) is 31.7 Å². The van der Waals surface area contributed by atoms with Crippen molar-refractivity contribution in [3.8, 4) is 0 Å². The molecule has 110 valence electrons. The van der Waals surface area contributed by atoms with Gasteiger partial charge >= 0.3 is 0 Å². The first kappa shape index (κ1) is 15.6. The number of benzene rings is 1. The van der Waals surface area contributed by atoms with E-state index in [9.17, 15) is 4.79 Å². The van der Waals surface area contributed by atoms with Crippen molar-refractivity contribution in [2.24, 2.45) is 0 Å². The number of halogens is 2. The average Bonchev–Trinajstić information content (AvgIpc) is 2.42. The fourth-order valence-corrected chi connectivity index (χ4v) is 2.68. The molecular weight excluding hydrogens is 299 g/mol. The predicted octanol–water partition coefficient (Wildman–Crippen LogP) is 2.55. The number of hydrogen-bond donors (Lipinski definition) is 2. The number of rotatable bonds is 4. The normalized spacial score (nSPS) is 20.4. The largest absolute Gasteiger partial charge is 0.378 e. The summed E-state index contributed by atoms with van der Waals surface area (Å²) in [5.41, 5.74) is 0.820. The second-order valence-electron chi connectivity index (χ2n) is 4.86. The van der Waals surface area contributed by atoms with Gasteiger partial charge in [-0.2, -0.15) is 0 Å². The van der Waals surface area contributed by atoms with E-state index < -0.39 is 0 Å². The summed E-state index contributed by atoms with van der Waals surface area (Å²) in [6.07, 6.45) is 0.391. The van der Waals surface area contributed by atoms with Crippen LogP contribution in [0.4, 0.5) is 0 Å². The fourth-order valence-electron chi connectivity index (χ4n) is 2.21. The SMILES string of the molecule is CC(NC(=O)CC1COCCN1)c1cccc(Cl)c1Cl. The first-order chi connectivity index (χ1) is 9.58. The highest BCUT2D eigenvalue weighted by molar-refractivity contribution is 6.42. The summed E-state index contributed by atoms with van der Waals surface area (Å²) in [7, 11) is 0. The summed E-state index contributed by atoms with van der Waals surface area (Å²) in [6.45, 7) is 3.94. The average molecular weight is 317 g/mol. The van der Waals surface area contributed by atoms with Crippen molar-refractivity contribution in [3.05, 3.63) is 33.8 Å². The molecule has 0 spiro atoms. The molecule has 2 atom stereocenters. The first-order valence-electron chi connectivity index (χ1n) is 6.62. The summed E-state index contributed by atoms with van der Waals surface area (Å²) in [4.78, 5) is 12.0. The molecule has 0 saturated carbocycles. The third-order valence-electron chi connectivity index (χ3n) is 3.26. The maximum Gasteiger partial charge on any atom is 0.222 e. The van der Waals surface area contributed by atoms with E-state index in [2.05, 4.69) is 10.6 Å². The Kier molecular flexibility index (Phi) is 5.66. The van der Waals surface area contributed by atoms with Gasteiger partial charge in [-0.3, -0.25) is 4.79 Å². The van der Waals surface area contributed by atoms with Gasteiger partial charge in [0.25, 0.3) is 0 Å². The van der Waals surface area contributed by atoms with Gasteiger partial charge in [-0.1, -0.05) is 35.3 Å². The fraction of sp³-hybridized carbons (Fsp3) is 0.500. The Labute approximate surface area is 128 Å². The lowest BCUT2D eigenvalue weighted by molar-refractivity contribution is -0.122. The monoisotopic (exact) mass is 316 g/mol. The number of amides is 1. The van der Waals surface area contributed by atoms with Gasteiger partial charge < -0.3 is 15.4 Å². The molecule has 2 rings (SSSR count). The van der Waals surface area contributed by atoms with Crippen LogP contribution in [0.15, 0.2) is 18.2 Å². The second kappa shape index (κ2) is 7.27. The number of hydrogen-bond acceptors (Lipinski definition) is 3. The summed E-state index contributed by atoms with van der Waals surface area (Å²) in [6, 6.07) is 5.30. The van der Waals surface area contributed by atoms with Crippen LogP contribution in [0.25, 0.3) is 0 Å². The Morgan fingerprint density at radius 2 is 2.35 bits per heavy atom. The molecule has 1 fully saturated rings. The van der Waals surface area contributed by atoms with E-state index in [0.717, 1.165) is 12.1 Å². The van der Waals surface area contributed by atoms with E-state index in [1.165, 1.54) is 0 Å². The lowest BCUT2D eigenvalue weighted by Gasteiger charge is -2.24. The molecule has 6 heteroatoms. The van der Waals surface area contributed by atoms with Crippen molar-refractivity contribution >= 4 is 29.1 Å². The number of nitrogens with one attached hydrogen (secondary N) is 2. The zero-order valence-corrected chi connectivity index (χ0v) is 12.8. The quantitative estimate of drug-likeness (QED) is 0.897. The lowest BCUT2D eigenvalue weighted by atomic mass is 10.1. The maximum absolute atomic E-state index is 12.0. The Bertz CT molecular complexity index is 476. The van der Waals surface area contributed by atoms with Crippen LogP contribution in [0.2, 0.25) is 10.0 Å². The molecule has 1 aliphatic rings. The molecule has 1 heterocycles. The van der Waals surface area contributed by atoms with Gasteiger partial charge in [-0.05, 0) is 18.6 Å². The second-order valence-corrected chi connectivity index (χ2v) is 5.65. The van der Waals surface area contributed by atoms with Crippen LogP contribution in [-0.2, 0) is 9.53 Å². The van der Waals surface area contributed by atoms with E-state index in [0.29, 0.717) is 29.7 Å². The van der Waals surface area contributed by atoms with Gasteiger partial charge in [0, 0.05) is 19.0 Å². The van der Waals surface area contributed by atoms with E-state index >= 15 is 0 Å². The number of ether oxygens (including phenoxy) is 1. The van der Waals surface area contributed by atoms with Crippen LogP contribution in [0.5, 0.6) is 0 Å². The standard InChI is InChI=1S/C14H18Cl2N2O2/c1-9(11-3-2-4-12(15)14(11)16)18-13(19)7-10-8-20-6-5-17-10/h2-4,9-10,17H,5-8H2,1H3,(H,18,19). The van der Waals surface area contributed by atoms with E-state index in [1.807, 2.05) is 19.1 Å². The van der Waals surface area contributed by atoms with Gasteiger partial charge in [-0.15, -0.1) is 0 Å². The Morgan fingerprint density at radius 3 is 3.05 bits per heavy atom. The Hall–Kier alpha value is -0.810. The van der Waals surface area contributed by atoms with Crippen LogP contribution in [0.3, 0.4) is 0 Å². The third-order valence-corrected chi connectivity index (χ3v) is 4.09. The highest BCUT2D eigenvalue weighted by atomic mass is 35.5. The number of carbonyl (C=O) groups is 1. The van der Waals surface area contributed by atoms with Gasteiger partial charge in [0.2, 0.25) is 5.91 Å². The van der Waals surface area contributed by atoms with Crippen LogP contribution in [0.1, 0.15) is 24.9 Å². The van der Waals surface area contributed by atoms with Crippen LogP contribution < -0.4 is 10.6 Å². The molecule has 0 bridgehead atoms. The van der Waals surface area contributed by atoms with Crippen molar-refractivity contribution in [2.75, 3.05) is 19.8 Å². The Balaban J connectivity index is 1.91. The molecule has 1 aromatic rings. The summed E-state index contributed by atoms with van der Waals surface area (Å²) in [5.74, 6) is -0.0310. The van der Waals surface area contributed by atoms with Crippen LogP contribution in [0, 0.1) is 0 Å². The van der Waals surface area contributed by atoms with Gasteiger partial charge in [0.05, 0.1) is 29.3 Å². The molecule has 0 aromatic heterocycles. The summed E-state index contributed by atoms with van der Waals surface area (Å²) in [5, 5.41) is 7.16. The molecule has 2 N–H and O–H groups in total. The summed E-state index contributed by atoms with van der Waals surface area (Å²) >= 11 is 12.1. The van der Waals surface area contributed by atoms with Gasteiger partial charge in [0.15, 0.2) is 0 Å². The lowest BCUT2D eigenvalue weighted by Crippen LogP contribution is -2.44. The summed E-state index contributed by atoms with van der Waals surface area (Å²) < 4.78 is 5.33. The number of carbonyl (C=O) groups excluding carboxylic acids is 1. The molecule has 0 aliphatic carbocycles. The van der Waals surface area contributed by atoms with E-state index in [4.69, 9.17) is 27.9 Å². The van der Waals surface area contributed by atoms with Gasteiger partial charge in [-0.25, -0.2) is 0 Å². The predicted molar refractivity (Wildman–Crippen MR) is 80.2 cm³/mol. The molecule has 2 unspecified atom stereocenters. The minimum Gasteiger partial charge on any atom is -0.378 e. The van der Waals surface area contributed by atoms with E-state index in [-0.39, 0.29) is 18.0 Å². The highest BCUT2D eigenvalue weighted by Crippen LogP contribution is 2.29. The van der Waals surface area contributed by atoms with Crippen LogP contribution >= 0.6 is 23.2 Å². The molecule has 0 radical (unpaired) electrons. The van der Waals surface area contributed by atoms with Crippen molar-refractivity contribution < 1.29 is 9.53 Å². The number of morpholine rings is 1. The van der Waals surface area contributed by atoms with Crippen molar-refractivity contribution in [1.82, 2.24) is 10.6 Å². The third kappa shape index (κ3) is 4.09. The molecule has 4 nitrogen and oxygen atoms in total. The van der Waals surface area contributed by atoms with Crippen molar-refractivity contribution in [1.29, 1.82) is 0 Å². The topological polar surface area (TPSA) is 50.4 Å². The molecule has 20 heavy (non-hydrogen) atoms. The van der Waals surface area contributed by atoms with Crippen molar-refractivity contribution in [3.63, 3.8) is 0 Å². The minimum atomic E-state index is -0.182. The highest BCUT2D eigenvalue weighted by Gasteiger charge is 2.19. The zero-order valence-electron chi connectivity index (χ0n) is 11.3. The van der Waals surface area contributed by atoms with E-state index in [1.54, 1.807) is 6.07 Å². The molecular formula is C14H18Cl2N2O2.